The first-order valence-electron chi connectivity index (χ1n) is 11.1. The Morgan fingerprint density at radius 1 is 0.944 bits per heavy atom. The molecule has 0 fully saturated rings. The second-order valence-electron chi connectivity index (χ2n) is 8.14. The van der Waals surface area contributed by atoms with Gasteiger partial charge in [0.1, 0.15) is 11.6 Å². The zero-order chi connectivity index (χ0) is 24.6. The van der Waals surface area contributed by atoms with Crippen LogP contribution in [0.2, 0.25) is 0 Å². The van der Waals surface area contributed by atoms with Crippen molar-refractivity contribution >= 4 is 33.6 Å². The topological polar surface area (TPSA) is 97.7 Å². The Bertz CT molecular complexity index is 1780. The van der Waals surface area contributed by atoms with Gasteiger partial charge in [0.15, 0.2) is 5.65 Å². The van der Waals surface area contributed by atoms with Crippen LogP contribution in [0.15, 0.2) is 90.0 Å². The quantitative estimate of drug-likeness (QED) is 0.353. The molecule has 6 rings (SSSR count). The molecule has 0 saturated carbocycles. The third-order valence-corrected chi connectivity index (χ3v) is 5.95. The van der Waals surface area contributed by atoms with Gasteiger partial charge in [0.2, 0.25) is 5.95 Å². The summed E-state index contributed by atoms with van der Waals surface area (Å²) in [5.41, 5.74) is 3.77. The number of methoxy groups -OCH3 is 1. The molecular weight excluding hydrogens is 459 g/mol. The highest BCUT2D eigenvalue weighted by atomic mass is 19.1. The fourth-order valence-corrected chi connectivity index (χ4v) is 4.16. The average Bonchev–Trinajstić information content (AvgIpc) is 3.41. The van der Waals surface area contributed by atoms with Crippen LogP contribution in [0.4, 0.5) is 16.0 Å². The van der Waals surface area contributed by atoms with Crippen molar-refractivity contribution < 1.29 is 9.13 Å². The van der Waals surface area contributed by atoms with E-state index in [1.807, 2.05) is 48.5 Å². The van der Waals surface area contributed by atoms with Crippen LogP contribution in [0, 0.1) is 5.82 Å². The molecule has 0 aliphatic heterocycles. The summed E-state index contributed by atoms with van der Waals surface area (Å²) in [6.45, 7) is 0. The summed E-state index contributed by atoms with van der Waals surface area (Å²) < 4.78 is 20.2. The maximum atomic E-state index is 13.6. The van der Waals surface area contributed by atoms with Gasteiger partial charge in [0.05, 0.1) is 35.3 Å². The number of nitrogens with zero attached hydrogens (tertiary/aromatic N) is 4. The van der Waals surface area contributed by atoms with E-state index in [0.29, 0.717) is 33.6 Å². The summed E-state index contributed by atoms with van der Waals surface area (Å²) in [5.74, 6) is 0.752. The minimum atomic E-state index is -0.309. The summed E-state index contributed by atoms with van der Waals surface area (Å²) in [6, 6.07) is 21.0. The number of H-pyrrole nitrogens is 1. The van der Waals surface area contributed by atoms with E-state index in [2.05, 4.69) is 20.5 Å². The highest BCUT2D eigenvalue weighted by molar-refractivity contribution is 6.02. The van der Waals surface area contributed by atoms with Gasteiger partial charge in [0.25, 0.3) is 5.56 Å². The normalized spacial score (nSPS) is 11.2. The van der Waals surface area contributed by atoms with Crippen LogP contribution in [-0.2, 0) is 0 Å². The number of pyridine rings is 1. The third-order valence-electron chi connectivity index (χ3n) is 5.95. The van der Waals surface area contributed by atoms with Crippen LogP contribution in [-0.4, -0.2) is 31.8 Å². The number of nitrogens with one attached hydrogen (secondary N) is 2. The highest BCUT2D eigenvalue weighted by Crippen LogP contribution is 2.27. The van der Waals surface area contributed by atoms with Gasteiger partial charge in [-0.25, -0.2) is 9.37 Å². The van der Waals surface area contributed by atoms with E-state index in [1.165, 1.54) is 18.3 Å². The number of hydrogen-bond acceptors (Lipinski definition) is 6. The summed E-state index contributed by atoms with van der Waals surface area (Å²) in [5, 5.41) is 11.2. The molecule has 2 N–H and O–H groups in total. The lowest BCUT2D eigenvalue weighted by molar-refractivity contribution is 0.415. The fraction of sp³-hybridized carbons (Fsp3) is 0.0370. The molecule has 0 aliphatic rings. The number of ether oxygens (including phenoxy) is 1. The van der Waals surface area contributed by atoms with Gasteiger partial charge in [-0.3, -0.25) is 14.5 Å². The predicted octanol–water partition coefficient (Wildman–Crippen LogP) is 5.22. The average molecular weight is 478 g/mol. The van der Waals surface area contributed by atoms with E-state index in [4.69, 9.17) is 9.72 Å². The lowest BCUT2D eigenvalue weighted by Gasteiger charge is -2.13. The number of rotatable bonds is 5. The van der Waals surface area contributed by atoms with Crippen molar-refractivity contribution in [1.82, 2.24) is 24.7 Å². The number of aromatic nitrogens is 5. The standard InChI is InChI=1S/C27H19FN6O2/c1-36-21-11-9-19(10-12-21)31-27-29-14-22-24-23(15-30-33-24)26(35)34(25(22)32-27)20-4-2-3-17(13-20)16-5-7-18(28)8-6-16/h2-15H,1H3,(H,30,33)(H,29,31,32). The van der Waals surface area contributed by atoms with Crippen molar-refractivity contribution in [2.75, 3.05) is 12.4 Å². The fourth-order valence-electron chi connectivity index (χ4n) is 4.16. The van der Waals surface area contributed by atoms with Crippen LogP contribution in [0.5, 0.6) is 5.75 Å². The summed E-state index contributed by atoms with van der Waals surface area (Å²) in [4.78, 5) is 22.8. The SMILES string of the molecule is COc1ccc(Nc2ncc3c4[nH]ncc4c(=O)n(-c4cccc(-c5ccc(F)cc5)c4)c3n2)cc1. The summed E-state index contributed by atoms with van der Waals surface area (Å²) in [7, 11) is 1.61. The molecule has 9 heteroatoms. The number of benzene rings is 3. The predicted molar refractivity (Wildman–Crippen MR) is 136 cm³/mol. The van der Waals surface area contributed by atoms with Gasteiger partial charge < -0.3 is 10.1 Å². The molecule has 0 radical (unpaired) electrons. The van der Waals surface area contributed by atoms with Crippen molar-refractivity contribution in [2.45, 2.75) is 0 Å². The van der Waals surface area contributed by atoms with E-state index < -0.39 is 0 Å². The molecule has 36 heavy (non-hydrogen) atoms. The van der Waals surface area contributed by atoms with E-state index in [0.717, 1.165) is 22.6 Å². The summed E-state index contributed by atoms with van der Waals surface area (Å²) >= 11 is 0. The van der Waals surface area contributed by atoms with E-state index in [9.17, 15) is 9.18 Å². The van der Waals surface area contributed by atoms with E-state index in [-0.39, 0.29) is 11.4 Å². The molecule has 6 aromatic rings. The van der Waals surface area contributed by atoms with Crippen LogP contribution < -0.4 is 15.6 Å². The Morgan fingerprint density at radius 2 is 1.75 bits per heavy atom. The lowest BCUT2D eigenvalue weighted by atomic mass is 10.0. The van der Waals surface area contributed by atoms with Gasteiger partial charge in [-0.15, -0.1) is 0 Å². The Morgan fingerprint density at radius 3 is 2.53 bits per heavy atom. The second-order valence-corrected chi connectivity index (χ2v) is 8.14. The summed E-state index contributed by atoms with van der Waals surface area (Å²) in [6.07, 6.45) is 3.16. The molecule has 3 heterocycles. The Hall–Kier alpha value is -5.05. The van der Waals surface area contributed by atoms with Crippen LogP contribution >= 0.6 is 0 Å². The van der Waals surface area contributed by atoms with Crippen LogP contribution in [0.1, 0.15) is 0 Å². The number of halogens is 1. The maximum Gasteiger partial charge on any atom is 0.267 e. The Balaban J connectivity index is 1.53. The molecular formula is C27H19FN6O2. The molecule has 176 valence electrons. The van der Waals surface area contributed by atoms with Crippen LogP contribution in [0.25, 0.3) is 38.8 Å². The molecule has 0 aliphatic carbocycles. The molecule has 0 atom stereocenters. The molecule has 0 spiro atoms. The van der Waals surface area contributed by atoms with Crippen molar-refractivity contribution in [2.24, 2.45) is 0 Å². The third kappa shape index (κ3) is 3.72. The van der Waals surface area contributed by atoms with Crippen LogP contribution in [0.3, 0.4) is 0 Å². The lowest BCUT2D eigenvalue weighted by Crippen LogP contribution is -2.20. The van der Waals surface area contributed by atoms with Gasteiger partial charge in [-0.1, -0.05) is 24.3 Å². The first kappa shape index (κ1) is 21.5. The smallest absolute Gasteiger partial charge is 0.267 e. The van der Waals surface area contributed by atoms with Gasteiger partial charge >= 0.3 is 0 Å². The minimum Gasteiger partial charge on any atom is -0.497 e. The molecule has 3 aromatic carbocycles. The largest absolute Gasteiger partial charge is 0.497 e. The van der Waals surface area contributed by atoms with E-state index in [1.54, 1.807) is 30.0 Å². The van der Waals surface area contributed by atoms with Crippen molar-refractivity contribution in [1.29, 1.82) is 0 Å². The second kappa shape index (κ2) is 8.62. The molecule has 3 aromatic heterocycles. The first-order valence-corrected chi connectivity index (χ1v) is 11.1. The molecule has 0 amide bonds. The monoisotopic (exact) mass is 478 g/mol. The molecule has 8 nitrogen and oxygen atoms in total. The van der Waals surface area contributed by atoms with Gasteiger partial charge in [-0.2, -0.15) is 10.1 Å². The van der Waals surface area contributed by atoms with E-state index >= 15 is 0 Å². The zero-order valence-electron chi connectivity index (χ0n) is 19.1. The maximum absolute atomic E-state index is 13.6. The molecule has 0 unspecified atom stereocenters. The minimum absolute atomic E-state index is 0.267. The Labute approximate surface area is 204 Å². The van der Waals surface area contributed by atoms with Crippen molar-refractivity contribution in [3.8, 4) is 22.6 Å². The molecule has 0 saturated heterocycles. The molecule has 0 bridgehead atoms. The first-order chi connectivity index (χ1) is 17.6. The number of aromatic amines is 1. The van der Waals surface area contributed by atoms with Crippen molar-refractivity contribution in [3.05, 3.63) is 101 Å². The zero-order valence-corrected chi connectivity index (χ0v) is 19.1. The van der Waals surface area contributed by atoms with Crippen molar-refractivity contribution in [3.63, 3.8) is 0 Å². The van der Waals surface area contributed by atoms with Gasteiger partial charge in [0, 0.05) is 11.9 Å². The Kier molecular flexibility index (Phi) is 5.15. The number of anilines is 2. The van der Waals surface area contributed by atoms with Gasteiger partial charge in [-0.05, 0) is 59.7 Å². The highest BCUT2D eigenvalue weighted by Gasteiger charge is 2.17. The number of fused-ring (bicyclic) bond motifs is 3. The number of hydrogen-bond donors (Lipinski definition) is 2.